The summed E-state index contributed by atoms with van der Waals surface area (Å²) in [6, 6.07) is 10.8. The number of aliphatic hydroxyl groups is 1. The molecule has 42 heavy (non-hydrogen) atoms. The van der Waals surface area contributed by atoms with Crippen LogP contribution in [0, 0.1) is 24.1 Å². The molecule has 7 nitrogen and oxygen atoms in total. The zero-order chi connectivity index (χ0) is 30.1. The summed E-state index contributed by atoms with van der Waals surface area (Å²) >= 11 is 0.746. The number of rotatable bonds is 9. The number of alkyl halides is 2. The Morgan fingerprint density at radius 3 is 2.60 bits per heavy atom. The first-order valence-corrected chi connectivity index (χ1v) is 13.6. The third-order valence-corrected chi connectivity index (χ3v) is 8.76. The van der Waals surface area contributed by atoms with Gasteiger partial charge in [-0.25, -0.2) is 27.5 Å². The Balaban J connectivity index is 1.46. The molecular formula is C30H26F4N4O3S. The van der Waals surface area contributed by atoms with Crippen molar-refractivity contribution in [2.45, 2.75) is 29.7 Å². The fourth-order valence-corrected chi connectivity index (χ4v) is 6.63. The number of amidine groups is 1. The average Bonchev–Trinajstić information content (AvgIpc) is 3.52. The van der Waals surface area contributed by atoms with E-state index in [4.69, 9.17) is 15.9 Å². The highest BCUT2D eigenvalue weighted by Gasteiger charge is 2.87. The number of hydrogen-bond donors (Lipinski definition) is 2. The molecule has 2 heterocycles. The van der Waals surface area contributed by atoms with Crippen molar-refractivity contribution in [1.29, 1.82) is 0 Å². The van der Waals surface area contributed by atoms with Crippen LogP contribution in [0.3, 0.4) is 0 Å². The van der Waals surface area contributed by atoms with Crippen molar-refractivity contribution < 1.29 is 32.1 Å². The highest BCUT2D eigenvalue weighted by molar-refractivity contribution is 8.15. The lowest BCUT2D eigenvalue weighted by Crippen LogP contribution is -2.39. The molecule has 0 unspecified atom stereocenters. The number of benzene rings is 2. The van der Waals surface area contributed by atoms with Gasteiger partial charge >= 0.3 is 0 Å². The molecule has 0 radical (unpaired) electrons. The van der Waals surface area contributed by atoms with Crippen LogP contribution in [-0.4, -0.2) is 51.2 Å². The lowest BCUT2D eigenvalue weighted by molar-refractivity contribution is 0.0685. The average molecular weight is 599 g/mol. The molecule has 2 N–H and O–H groups in total. The molecule has 0 bridgehead atoms. The van der Waals surface area contributed by atoms with E-state index in [1.807, 2.05) is 12.1 Å². The molecule has 1 fully saturated rings. The summed E-state index contributed by atoms with van der Waals surface area (Å²) in [4.78, 5) is 12.5. The molecule has 0 spiro atoms. The quantitative estimate of drug-likeness (QED) is 0.258. The summed E-state index contributed by atoms with van der Waals surface area (Å²) in [6.45, 7) is 0.776. The van der Waals surface area contributed by atoms with Crippen molar-refractivity contribution in [3.63, 3.8) is 0 Å². The van der Waals surface area contributed by atoms with Gasteiger partial charge in [-0.3, -0.25) is 4.99 Å². The summed E-state index contributed by atoms with van der Waals surface area (Å²) < 4.78 is 69.6. The van der Waals surface area contributed by atoms with Crippen LogP contribution in [0.1, 0.15) is 29.3 Å². The maximum Gasteiger partial charge on any atom is 0.272 e. The molecule has 1 saturated carbocycles. The summed E-state index contributed by atoms with van der Waals surface area (Å²) in [7, 11) is 1.55. The van der Waals surface area contributed by atoms with Crippen molar-refractivity contribution in [3.8, 4) is 24.0 Å². The van der Waals surface area contributed by atoms with Crippen LogP contribution < -0.4 is 14.8 Å². The highest BCUT2D eigenvalue weighted by atomic mass is 32.2. The molecule has 0 amide bonds. The maximum absolute atomic E-state index is 15.4. The Morgan fingerprint density at radius 1 is 1.19 bits per heavy atom. The number of terminal acetylenes is 1. The van der Waals surface area contributed by atoms with Crippen molar-refractivity contribution in [3.05, 3.63) is 83.1 Å². The monoisotopic (exact) mass is 598 g/mol. The van der Waals surface area contributed by atoms with Crippen LogP contribution in [0.2, 0.25) is 0 Å². The number of fused-ring (bicyclic) bond motifs is 1. The number of methoxy groups -OCH3 is 1. The second-order valence-electron chi connectivity index (χ2n) is 9.94. The van der Waals surface area contributed by atoms with E-state index in [0.717, 1.165) is 35.7 Å². The summed E-state index contributed by atoms with van der Waals surface area (Å²) in [5.41, 5.74) is -1.03. The Kier molecular flexibility index (Phi) is 7.92. The van der Waals surface area contributed by atoms with Crippen LogP contribution in [0.25, 0.3) is 11.9 Å². The molecular weight excluding hydrogens is 572 g/mol. The van der Waals surface area contributed by atoms with Crippen LogP contribution in [-0.2, 0) is 12.1 Å². The van der Waals surface area contributed by atoms with Gasteiger partial charge in [0.25, 0.3) is 5.92 Å². The molecule has 1 aromatic heterocycles. The van der Waals surface area contributed by atoms with Crippen LogP contribution in [0.15, 0.2) is 59.9 Å². The van der Waals surface area contributed by atoms with Crippen molar-refractivity contribution in [2.75, 3.05) is 20.3 Å². The second-order valence-corrected chi connectivity index (χ2v) is 11.3. The maximum atomic E-state index is 15.4. The first-order valence-electron chi connectivity index (χ1n) is 12.8. The van der Waals surface area contributed by atoms with E-state index in [2.05, 4.69) is 26.2 Å². The van der Waals surface area contributed by atoms with E-state index < -0.39 is 40.4 Å². The topological polar surface area (TPSA) is 88.9 Å². The molecule has 2 aromatic carbocycles. The zero-order valence-electron chi connectivity index (χ0n) is 22.6. The van der Waals surface area contributed by atoms with Crippen molar-refractivity contribution in [2.24, 2.45) is 10.9 Å². The smallest absolute Gasteiger partial charge is 0.272 e. The first kappa shape index (κ1) is 29.4. The molecule has 1 aliphatic carbocycles. The van der Waals surface area contributed by atoms with Gasteiger partial charge in [0.15, 0.2) is 17.6 Å². The molecule has 3 aromatic rings. The molecule has 218 valence electrons. The first-order chi connectivity index (χ1) is 20.1. The Labute approximate surface area is 244 Å². The predicted octanol–water partition coefficient (Wildman–Crippen LogP) is 5.21. The molecule has 5 rings (SSSR count). The molecule has 2 aliphatic rings. The van der Waals surface area contributed by atoms with Crippen LogP contribution in [0.5, 0.6) is 11.6 Å². The van der Waals surface area contributed by atoms with Crippen LogP contribution >= 0.6 is 11.8 Å². The third-order valence-electron chi connectivity index (χ3n) is 7.33. The van der Waals surface area contributed by atoms with E-state index >= 15 is 17.6 Å². The van der Waals surface area contributed by atoms with E-state index in [0.29, 0.717) is 5.75 Å². The Bertz CT molecular complexity index is 1580. The number of aliphatic imine (C=N–C) groups is 1. The highest BCUT2D eigenvalue weighted by Crippen LogP contribution is 2.74. The lowest BCUT2D eigenvalue weighted by atomic mass is 9.84. The molecule has 3 atom stereocenters. The van der Waals surface area contributed by atoms with Crippen molar-refractivity contribution in [1.82, 2.24) is 15.3 Å². The minimum absolute atomic E-state index is 0.0270. The van der Waals surface area contributed by atoms with Gasteiger partial charge in [-0.15, -0.1) is 6.42 Å². The van der Waals surface area contributed by atoms with Crippen LogP contribution in [0.4, 0.5) is 17.6 Å². The van der Waals surface area contributed by atoms with Gasteiger partial charge in [0.2, 0.25) is 5.88 Å². The molecule has 12 heteroatoms. The number of hydrogen-bond acceptors (Lipinski definition) is 8. The lowest BCUT2D eigenvalue weighted by Gasteiger charge is -2.33. The zero-order valence-corrected chi connectivity index (χ0v) is 23.4. The SMILES string of the molecule is C#CCOc1cnc(/C(F)=C/c2ccc(F)c([C@@]3(C)N=C(NCc4ccc(OC)cc4)S[C@]4(CO)[C@H]3C4(F)F)c2)cn1. The second kappa shape index (κ2) is 11.3. The van der Waals surface area contributed by atoms with Crippen molar-refractivity contribution >= 4 is 28.8 Å². The molecule has 1 aliphatic heterocycles. The third kappa shape index (κ3) is 5.18. The minimum Gasteiger partial charge on any atom is -0.497 e. The summed E-state index contributed by atoms with van der Waals surface area (Å²) in [6.07, 6.45) is 8.57. The fraction of sp³-hybridized carbons (Fsp3) is 0.300. The van der Waals surface area contributed by atoms with Gasteiger partial charge < -0.3 is 19.9 Å². The van der Waals surface area contributed by atoms with E-state index in [1.165, 1.54) is 25.3 Å². The van der Waals surface area contributed by atoms with E-state index in [9.17, 15) is 5.11 Å². The minimum atomic E-state index is -3.35. The van der Waals surface area contributed by atoms with Gasteiger partial charge in [-0.2, -0.15) is 0 Å². The standard InChI is InChI=1S/C30H26F4N4O3S/c1-4-11-41-25-16-35-24(15-36-25)23(32)13-19-7-10-22(31)21(12-19)28(2)26-29(17-39,30(26,33)34)42-27(38-28)37-14-18-5-8-20(40-3)9-6-18/h1,5-10,12-13,15-16,26,39H,11,14,17H2,2-3H3,(H,37,38)/b23-13-/t26-,28+,29+/m0/s1. The Hall–Kier alpha value is -4.08. The van der Waals surface area contributed by atoms with E-state index in [1.54, 1.807) is 19.2 Å². The largest absolute Gasteiger partial charge is 0.497 e. The number of ether oxygens (including phenoxy) is 2. The normalized spacial score (nSPS) is 24.2. The number of thioether (sulfide) groups is 1. The van der Waals surface area contributed by atoms with Gasteiger partial charge in [-0.1, -0.05) is 35.9 Å². The number of nitrogens with one attached hydrogen (secondary N) is 1. The van der Waals surface area contributed by atoms with E-state index in [-0.39, 0.29) is 41.0 Å². The fourth-order valence-electron chi connectivity index (χ4n) is 5.15. The van der Waals surface area contributed by atoms with Gasteiger partial charge in [0.05, 0.1) is 37.6 Å². The number of halogens is 4. The predicted molar refractivity (Wildman–Crippen MR) is 152 cm³/mol. The van der Waals surface area contributed by atoms with Gasteiger partial charge in [0, 0.05) is 12.1 Å². The summed E-state index contributed by atoms with van der Waals surface area (Å²) in [5, 5.41) is 13.3. The summed E-state index contributed by atoms with van der Waals surface area (Å²) in [5.74, 6) is -3.38. The Morgan fingerprint density at radius 2 is 1.95 bits per heavy atom. The number of nitrogens with zero attached hydrogens (tertiary/aromatic N) is 3. The molecule has 0 saturated heterocycles. The number of aliphatic hydroxyl groups excluding tert-OH is 1. The van der Waals surface area contributed by atoms with Gasteiger partial charge in [0.1, 0.15) is 22.0 Å². The van der Waals surface area contributed by atoms with Gasteiger partial charge in [-0.05, 0) is 48.4 Å². The number of aromatic nitrogens is 2.